The van der Waals surface area contributed by atoms with Crippen molar-refractivity contribution in [3.63, 3.8) is 0 Å². The molecule has 0 atom stereocenters. The van der Waals surface area contributed by atoms with E-state index in [2.05, 4.69) is 0 Å². The first-order chi connectivity index (χ1) is 10.0. The van der Waals surface area contributed by atoms with Crippen LogP contribution in [0.5, 0.6) is 5.75 Å². The fourth-order valence-electron chi connectivity index (χ4n) is 2.24. The Morgan fingerprint density at radius 3 is 2.62 bits per heavy atom. The number of nitrogens with zero attached hydrogens (tertiary/aromatic N) is 1. The Morgan fingerprint density at radius 2 is 2.05 bits per heavy atom. The topological polar surface area (TPSA) is 66.8 Å². The maximum Gasteiger partial charge on any atom is 0.323 e. The van der Waals surface area contributed by atoms with Gasteiger partial charge >= 0.3 is 5.97 Å². The van der Waals surface area contributed by atoms with Crippen molar-refractivity contribution >= 4 is 17.4 Å². The quantitative estimate of drug-likeness (QED) is 0.815. The van der Waals surface area contributed by atoms with Gasteiger partial charge in [-0.1, -0.05) is 18.2 Å². The molecule has 1 aromatic rings. The highest BCUT2D eigenvalue weighted by molar-refractivity contribution is 5.97. The number of aliphatic carboxylic acids is 1. The molecule has 0 bridgehead atoms. The molecule has 0 radical (unpaired) electrons. The SMILES string of the molecule is COc1ccccc1C(C)=CC(=O)N(CC(=O)O)C1CC1. The van der Waals surface area contributed by atoms with E-state index in [1.165, 1.54) is 11.0 Å². The van der Waals surface area contributed by atoms with Crippen molar-refractivity contribution < 1.29 is 19.4 Å². The number of para-hydroxylation sites is 1. The fraction of sp³-hybridized carbons (Fsp3) is 0.375. The van der Waals surface area contributed by atoms with E-state index >= 15 is 0 Å². The lowest BCUT2D eigenvalue weighted by Crippen LogP contribution is -2.36. The van der Waals surface area contributed by atoms with Crippen LogP contribution in [0.1, 0.15) is 25.3 Å². The van der Waals surface area contributed by atoms with Gasteiger partial charge in [0.1, 0.15) is 12.3 Å². The number of carboxylic acids is 1. The van der Waals surface area contributed by atoms with Crippen molar-refractivity contribution in [3.05, 3.63) is 35.9 Å². The Hall–Kier alpha value is -2.30. The monoisotopic (exact) mass is 289 g/mol. The summed E-state index contributed by atoms with van der Waals surface area (Å²) in [5.74, 6) is -0.558. The number of benzene rings is 1. The van der Waals surface area contributed by atoms with Gasteiger partial charge in [0.15, 0.2) is 0 Å². The van der Waals surface area contributed by atoms with Gasteiger partial charge in [0.05, 0.1) is 7.11 Å². The van der Waals surface area contributed by atoms with Gasteiger partial charge in [-0.25, -0.2) is 0 Å². The van der Waals surface area contributed by atoms with Crippen LogP contribution in [-0.2, 0) is 9.59 Å². The molecule has 0 spiro atoms. The highest BCUT2D eigenvalue weighted by Crippen LogP contribution is 2.29. The summed E-state index contributed by atoms with van der Waals surface area (Å²) in [4.78, 5) is 24.6. The van der Waals surface area contributed by atoms with E-state index in [-0.39, 0.29) is 18.5 Å². The number of allylic oxidation sites excluding steroid dienone is 1. The summed E-state index contributed by atoms with van der Waals surface area (Å²) in [6.45, 7) is 1.57. The fourth-order valence-corrected chi connectivity index (χ4v) is 2.24. The molecule has 0 heterocycles. The van der Waals surface area contributed by atoms with Gasteiger partial charge in [0, 0.05) is 17.7 Å². The predicted octanol–water partition coefficient (Wildman–Crippen LogP) is 2.17. The summed E-state index contributed by atoms with van der Waals surface area (Å²) in [5.41, 5.74) is 1.59. The zero-order chi connectivity index (χ0) is 15.4. The van der Waals surface area contributed by atoms with Crippen LogP contribution >= 0.6 is 0 Å². The molecule has 5 heteroatoms. The first kappa shape index (κ1) is 15.1. The molecule has 1 amide bonds. The maximum atomic E-state index is 12.3. The zero-order valence-corrected chi connectivity index (χ0v) is 12.2. The summed E-state index contributed by atoms with van der Waals surface area (Å²) in [5, 5.41) is 8.91. The van der Waals surface area contributed by atoms with Gasteiger partial charge in [-0.05, 0) is 31.4 Å². The molecule has 0 aromatic heterocycles. The van der Waals surface area contributed by atoms with Crippen molar-refractivity contribution in [1.82, 2.24) is 4.90 Å². The van der Waals surface area contributed by atoms with Crippen molar-refractivity contribution in [2.75, 3.05) is 13.7 Å². The second kappa shape index (κ2) is 6.43. The largest absolute Gasteiger partial charge is 0.496 e. The average molecular weight is 289 g/mol. The first-order valence-corrected chi connectivity index (χ1v) is 6.87. The second-order valence-electron chi connectivity index (χ2n) is 5.12. The van der Waals surface area contributed by atoms with Crippen LogP contribution in [0.2, 0.25) is 0 Å². The molecule has 1 aromatic carbocycles. The average Bonchev–Trinajstić information content (AvgIpc) is 3.28. The Kier molecular flexibility index (Phi) is 4.62. The van der Waals surface area contributed by atoms with E-state index in [0.717, 1.165) is 24.0 Å². The van der Waals surface area contributed by atoms with E-state index in [1.54, 1.807) is 7.11 Å². The van der Waals surface area contributed by atoms with Crippen LogP contribution in [0, 0.1) is 0 Å². The van der Waals surface area contributed by atoms with Crippen LogP contribution in [-0.4, -0.2) is 41.6 Å². The molecule has 0 aliphatic heterocycles. The minimum absolute atomic E-state index is 0.0651. The van der Waals surface area contributed by atoms with E-state index < -0.39 is 5.97 Å². The van der Waals surface area contributed by atoms with Crippen LogP contribution in [0.3, 0.4) is 0 Å². The molecule has 1 fully saturated rings. The normalized spacial score (nSPS) is 14.7. The summed E-state index contributed by atoms with van der Waals surface area (Å²) >= 11 is 0. The van der Waals surface area contributed by atoms with Crippen LogP contribution in [0.25, 0.3) is 5.57 Å². The molecular weight excluding hydrogens is 270 g/mol. The Labute approximate surface area is 123 Å². The van der Waals surface area contributed by atoms with E-state index in [9.17, 15) is 9.59 Å². The standard InChI is InChI=1S/C16H19NO4/c1-11(13-5-3-4-6-14(13)21-2)9-15(18)17(10-16(19)20)12-7-8-12/h3-6,9,12H,7-8,10H2,1-2H3,(H,19,20). The number of hydrogen-bond donors (Lipinski definition) is 1. The molecule has 0 unspecified atom stereocenters. The number of ether oxygens (including phenoxy) is 1. The number of carboxylic acid groups (broad SMARTS) is 1. The predicted molar refractivity (Wildman–Crippen MR) is 79.0 cm³/mol. The number of methoxy groups -OCH3 is 1. The number of rotatable bonds is 6. The summed E-state index contributed by atoms with van der Waals surface area (Å²) < 4.78 is 5.27. The summed E-state index contributed by atoms with van der Waals surface area (Å²) in [6, 6.07) is 7.49. The summed E-state index contributed by atoms with van der Waals surface area (Å²) in [7, 11) is 1.58. The van der Waals surface area contributed by atoms with E-state index in [0.29, 0.717) is 5.75 Å². The lowest BCUT2D eigenvalue weighted by atomic mass is 10.1. The smallest absolute Gasteiger partial charge is 0.323 e. The highest BCUT2D eigenvalue weighted by atomic mass is 16.5. The third kappa shape index (κ3) is 3.84. The Bertz CT molecular complexity index is 575. The van der Waals surface area contributed by atoms with Gasteiger partial charge in [0.2, 0.25) is 5.91 Å². The van der Waals surface area contributed by atoms with Crippen molar-refractivity contribution in [1.29, 1.82) is 0 Å². The lowest BCUT2D eigenvalue weighted by molar-refractivity contribution is -0.143. The van der Waals surface area contributed by atoms with Gasteiger partial charge in [-0.3, -0.25) is 9.59 Å². The molecule has 1 N–H and O–H groups in total. The van der Waals surface area contributed by atoms with Crippen molar-refractivity contribution in [2.24, 2.45) is 0 Å². The van der Waals surface area contributed by atoms with Crippen molar-refractivity contribution in [2.45, 2.75) is 25.8 Å². The van der Waals surface area contributed by atoms with Crippen LogP contribution < -0.4 is 4.74 Å². The lowest BCUT2D eigenvalue weighted by Gasteiger charge is -2.19. The second-order valence-corrected chi connectivity index (χ2v) is 5.12. The summed E-state index contributed by atoms with van der Waals surface area (Å²) in [6.07, 6.45) is 3.24. The Morgan fingerprint density at radius 1 is 1.38 bits per heavy atom. The number of carbonyl (C=O) groups is 2. The minimum atomic E-state index is -0.987. The van der Waals surface area contributed by atoms with Gasteiger partial charge in [-0.15, -0.1) is 0 Å². The number of carbonyl (C=O) groups excluding carboxylic acids is 1. The molecule has 2 rings (SSSR count). The van der Waals surface area contributed by atoms with Gasteiger partial charge in [0.25, 0.3) is 0 Å². The van der Waals surface area contributed by atoms with Crippen molar-refractivity contribution in [3.8, 4) is 5.75 Å². The minimum Gasteiger partial charge on any atom is -0.496 e. The van der Waals surface area contributed by atoms with Gasteiger partial charge < -0.3 is 14.7 Å². The molecular formula is C16H19NO4. The van der Waals surface area contributed by atoms with Crippen LogP contribution in [0.4, 0.5) is 0 Å². The zero-order valence-electron chi connectivity index (χ0n) is 12.2. The first-order valence-electron chi connectivity index (χ1n) is 6.87. The molecule has 21 heavy (non-hydrogen) atoms. The number of hydrogen-bond acceptors (Lipinski definition) is 3. The maximum absolute atomic E-state index is 12.3. The molecule has 1 saturated carbocycles. The Balaban J connectivity index is 2.20. The third-order valence-electron chi connectivity index (χ3n) is 3.45. The third-order valence-corrected chi connectivity index (χ3v) is 3.45. The molecule has 5 nitrogen and oxygen atoms in total. The molecule has 1 aliphatic carbocycles. The van der Waals surface area contributed by atoms with E-state index in [1.807, 2.05) is 31.2 Å². The highest BCUT2D eigenvalue weighted by Gasteiger charge is 2.33. The van der Waals surface area contributed by atoms with Crippen LogP contribution in [0.15, 0.2) is 30.3 Å². The van der Waals surface area contributed by atoms with E-state index in [4.69, 9.17) is 9.84 Å². The molecule has 0 saturated heterocycles. The molecule has 1 aliphatic rings. The van der Waals surface area contributed by atoms with Gasteiger partial charge in [-0.2, -0.15) is 0 Å². The molecule has 112 valence electrons. The number of amides is 1.